The van der Waals surface area contributed by atoms with Crippen molar-refractivity contribution in [1.29, 1.82) is 5.26 Å². The number of halogens is 2. The molecule has 3 aromatic carbocycles. The molecular formula is C32H28Cl2N4O3S. The summed E-state index contributed by atoms with van der Waals surface area (Å²) in [6.07, 6.45) is 3.82. The number of morpholine rings is 1. The van der Waals surface area contributed by atoms with E-state index in [0.717, 1.165) is 35.5 Å². The summed E-state index contributed by atoms with van der Waals surface area (Å²) >= 11 is 12.5. The van der Waals surface area contributed by atoms with Crippen LogP contribution in [0.1, 0.15) is 28.8 Å². The molecule has 42 heavy (non-hydrogen) atoms. The van der Waals surface area contributed by atoms with Crippen molar-refractivity contribution in [3.63, 3.8) is 0 Å². The van der Waals surface area contributed by atoms with Gasteiger partial charge in [0, 0.05) is 35.4 Å². The van der Waals surface area contributed by atoms with Crippen LogP contribution in [0.4, 0.5) is 0 Å². The van der Waals surface area contributed by atoms with Crippen molar-refractivity contribution in [1.82, 2.24) is 14.1 Å². The standard InChI is InChI=1S/C32H28Cl2N4O3S/c1-22-26(21-36-15-17-41-18-16-36)9-14-30-37(22)31(24-5-10-27(33)11-6-24)32(25-7-12-28(34)13-8-25)38(30)42(39,40)29-4-2-3-23(19-29)20-35/h2-14,19,31-32H,1,15-18,21H2/t31?,32-/m1/s1. The lowest BCUT2D eigenvalue weighted by Crippen LogP contribution is -2.39. The van der Waals surface area contributed by atoms with E-state index in [-0.39, 0.29) is 10.5 Å². The Hall–Kier alpha value is -3.58. The minimum Gasteiger partial charge on any atom is -0.379 e. The number of allylic oxidation sites excluding steroid dienone is 2. The van der Waals surface area contributed by atoms with Gasteiger partial charge in [0.2, 0.25) is 0 Å². The molecule has 2 saturated heterocycles. The molecule has 2 fully saturated rings. The van der Waals surface area contributed by atoms with Crippen LogP contribution in [0, 0.1) is 11.3 Å². The number of rotatable bonds is 6. The van der Waals surface area contributed by atoms with Crippen LogP contribution >= 0.6 is 23.2 Å². The van der Waals surface area contributed by atoms with Crippen LogP contribution < -0.4 is 0 Å². The molecule has 6 rings (SSSR count). The predicted octanol–water partition coefficient (Wildman–Crippen LogP) is 6.28. The number of fused-ring (bicyclic) bond motifs is 1. The van der Waals surface area contributed by atoms with Gasteiger partial charge in [0.15, 0.2) is 0 Å². The molecule has 214 valence electrons. The molecule has 0 aromatic heterocycles. The normalized spacial score (nSPS) is 21.0. The smallest absolute Gasteiger partial charge is 0.266 e. The Morgan fingerprint density at radius 2 is 1.52 bits per heavy atom. The van der Waals surface area contributed by atoms with Crippen molar-refractivity contribution in [2.75, 3.05) is 32.8 Å². The summed E-state index contributed by atoms with van der Waals surface area (Å²) in [6.45, 7) is 8.13. The average Bonchev–Trinajstić information content (AvgIpc) is 3.36. The van der Waals surface area contributed by atoms with Gasteiger partial charge in [-0.15, -0.1) is 0 Å². The molecule has 7 nitrogen and oxygen atoms in total. The Morgan fingerprint density at radius 1 is 0.905 bits per heavy atom. The van der Waals surface area contributed by atoms with E-state index in [2.05, 4.69) is 17.5 Å². The first kappa shape index (κ1) is 28.5. The minimum absolute atomic E-state index is 0.0341. The second-order valence-corrected chi connectivity index (χ2v) is 13.0. The molecule has 0 N–H and O–H groups in total. The Kier molecular flexibility index (Phi) is 7.88. The third kappa shape index (κ3) is 5.24. The van der Waals surface area contributed by atoms with Gasteiger partial charge in [0.05, 0.1) is 41.8 Å². The largest absolute Gasteiger partial charge is 0.379 e. The van der Waals surface area contributed by atoms with Gasteiger partial charge in [-0.25, -0.2) is 12.7 Å². The van der Waals surface area contributed by atoms with Crippen LogP contribution in [0.5, 0.6) is 0 Å². The number of nitriles is 1. The maximum atomic E-state index is 14.6. The fourth-order valence-electron chi connectivity index (χ4n) is 5.77. The SMILES string of the molecule is C=C1C(CN2CCOCC2)=CC=C2N1C(c1ccc(Cl)cc1)[C@@H](c1ccc(Cl)cc1)N2S(=O)(=O)c1cccc(C#N)c1. The summed E-state index contributed by atoms with van der Waals surface area (Å²) in [6, 6.07) is 21.7. The van der Waals surface area contributed by atoms with Crippen LogP contribution in [-0.2, 0) is 14.8 Å². The quantitative estimate of drug-likeness (QED) is 0.323. The van der Waals surface area contributed by atoms with Gasteiger partial charge >= 0.3 is 0 Å². The van der Waals surface area contributed by atoms with Crippen molar-refractivity contribution in [3.05, 3.63) is 135 Å². The third-order valence-corrected chi connectivity index (χ3v) is 10.1. The lowest BCUT2D eigenvalue weighted by molar-refractivity contribution is 0.0421. The summed E-state index contributed by atoms with van der Waals surface area (Å²) in [4.78, 5) is 4.36. The summed E-state index contributed by atoms with van der Waals surface area (Å²) in [5.41, 5.74) is 3.63. The maximum Gasteiger partial charge on any atom is 0.266 e. The number of ether oxygens (including phenoxy) is 1. The van der Waals surface area contributed by atoms with Crippen LogP contribution in [0.2, 0.25) is 10.0 Å². The zero-order valence-electron chi connectivity index (χ0n) is 22.7. The van der Waals surface area contributed by atoms with Gasteiger partial charge in [-0.05, 0) is 65.2 Å². The zero-order chi connectivity index (χ0) is 29.4. The Morgan fingerprint density at radius 3 is 2.14 bits per heavy atom. The first-order valence-corrected chi connectivity index (χ1v) is 15.7. The van der Waals surface area contributed by atoms with Crippen molar-refractivity contribution in [3.8, 4) is 6.07 Å². The Labute approximate surface area is 256 Å². The number of hydrogen-bond donors (Lipinski definition) is 0. The summed E-state index contributed by atoms with van der Waals surface area (Å²) in [7, 11) is -4.15. The van der Waals surface area contributed by atoms with Gasteiger partial charge in [-0.1, -0.05) is 66.2 Å². The number of nitrogens with zero attached hydrogens (tertiary/aromatic N) is 4. The fraction of sp³-hybridized carbons (Fsp3) is 0.219. The maximum absolute atomic E-state index is 14.6. The van der Waals surface area contributed by atoms with Gasteiger partial charge in [-0.3, -0.25) is 4.90 Å². The molecule has 3 aliphatic heterocycles. The second-order valence-electron chi connectivity index (χ2n) is 10.4. The molecule has 10 heteroatoms. The van der Waals surface area contributed by atoms with Gasteiger partial charge < -0.3 is 9.64 Å². The summed E-state index contributed by atoms with van der Waals surface area (Å²) in [5.74, 6) is 0.480. The van der Waals surface area contributed by atoms with Crippen LogP contribution in [-0.4, -0.2) is 55.4 Å². The molecule has 0 saturated carbocycles. The molecule has 0 spiro atoms. The lowest BCUT2D eigenvalue weighted by Gasteiger charge is -2.35. The van der Waals surface area contributed by atoms with E-state index in [4.69, 9.17) is 27.9 Å². The molecule has 3 aliphatic rings. The van der Waals surface area contributed by atoms with Crippen molar-refractivity contribution < 1.29 is 13.2 Å². The fourth-order valence-corrected chi connectivity index (χ4v) is 7.71. The lowest BCUT2D eigenvalue weighted by atomic mass is 9.93. The highest BCUT2D eigenvalue weighted by atomic mass is 35.5. The van der Waals surface area contributed by atoms with E-state index >= 15 is 0 Å². The topological polar surface area (TPSA) is 76.9 Å². The van der Waals surface area contributed by atoms with Crippen molar-refractivity contribution >= 4 is 33.2 Å². The van der Waals surface area contributed by atoms with E-state index in [1.54, 1.807) is 24.3 Å². The Balaban J connectivity index is 1.54. The zero-order valence-corrected chi connectivity index (χ0v) is 25.0. The second kappa shape index (κ2) is 11.6. The van der Waals surface area contributed by atoms with E-state index in [1.807, 2.05) is 53.5 Å². The number of hydrogen-bond acceptors (Lipinski definition) is 6. The van der Waals surface area contributed by atoms with E-state index in [1.165, 1.54) is 16.4 Å². The molecule has 0 radical (unpaired) electrons. The average molecular weight is 620 g/mol. The number of sulfonamides is 1. The highest BCUT2D eigenvalue weighted by molar-refractivity contribution is 7.89. The van der Waals surface area contributed by atoms with Gasteiger partial charge in [-0.2, -0.15) is 5.26 Å². The van der Waals surface area contributed by atoms with Crippen LogP contribution in [0.25, 0.3) is 0 Å². The van der Waals surface area contributed by atoms with Crippen LogP contribution in [0.15, 0.2) is 114 Å². The molecule has 0 aliphatic carbocycles. The third-order valence-electron chi connectivity index (χ3n) is 7.84. The monoisotopic (exact) mass is 618 g/mol. The molecular weight excluding hydrogens is 591 g/mol. The van der Waals surface area contributed by atoms with E-state index < -0.39 is 22.1 Å². The highest BCUT2D eigenvalue weighted by Crippen LogP contribution is 2.54. The minimum atomic E-state index is -4.15. The molecule has 1 unspecified atom stereocenters. The predicted molar refractivity (Wildman–Crippen MR) is 163 cm³/mol. The number of benzene rings is 3. The van der Waals surface area contributed by atoms with E-state index in [9.17, 15) is 13.7 Å². The molecule has 3 heterocycles. The summed E-state index contributed by atoms with van der Waals surface area (Å²) in [5, 5.41) is 10.6. The van der Waals surface area contributed by atoms with Gasteiger partial charge in [0.1, 0.15) is 5.82 Å². The van der Waals surface area contributed by atoms with Gasteiger partial charge in [0.25, 0.3) is 10.0 Å². The highest BCUT2D eigenvalue weighted by Gasteiger charge is 2.52. The first-order valence-electron chi connectivity index (χ1n) is 13.5. The Bertz CT molecular complexity index is 1720. The molecule has 0 bridgehead atoms. The van der Waals surface area contributed by atoms with Crippen LogP contribution in [0.3, 0.4) is 0 Å². The first-order chi connectivity index (χ1) is 20.3. The van der Waals surface area contributed by atoms with Crippen molar-refractivity contribution in [2.24, 2.45) is 0 Å². The molecule has 3 aromatic rings. The summed E-state index contributed by atoms with van der Waals surface area (Å²) < 4.78 is 36.1. The van der Waals surface area contributed by atoms with E-state index in [0.29, 0.717) is 35.6 Å². The van der Waals surface area contributed by atoms with Crippen molar-refractivity contribution in [2.45, 2.75) is 17.0 Å². The molecule has 2 atom stereocenters. The molecule has 0 amide bonds.